The summed E-state index contributed by atoms with van der Waals surface area (Å²) in [5.74, 6) is 0.689. The molecule has 3 nitrogen and oxygen atoms in total. The maximum atomic E-state index is 11.6. The second-order valence-electron chi connectivity index (χ2n) is 4.85. The van der Waals surface area contributed by atoms with Gasteiger partial charge in [0, 0.05) is 6.04 Å². The Balaban J connectivity index is 2.39. The van der Waals surface area contributed by atoms with Crippen LogP contribution >= 0.6 is 0 Å². The monoisotopic (exact) mass is 227 g/mol. The van der Waals surface area contributed by atoms with E-state index in [0.29, 0.717) is 12.6 Å². The summed E-state index contributed by atoms with van der Waals surface area (Å²) >= 11 is 0. The Morgan fingerprint density at radius 2 is 2.19 bits per heavy atom. The van der Waals surface area contributed by atoms with Gasteiger partial charge in [-0.3, -0.25) is 4.79 Å². The van der Waals surface area contributed by atoms with Crippen molar-refractivity contribution in [3.63, 3.8) is 0 Å². The summed E-state index contributed by atoms with van der Waals surface area (Å²) in [5, 5.41) is 3.45. The zero-order valence-electron chi connectivity index (χ0n) is 10.8. The summed E-state index contributed by atoms with van der Waals surface area (Å²) in [6, 6.07) is 0.383. The summed E-state index contributed by atoms with van der Waals surface area (Å²) < 4.78 is 5.06. The second-order valence-corrected chi connectivity index (χ2v) is 4.85. The van der Waals surface area contributed by atoms with Crippen molar-refractivity contribution in [2.45, 2.75) is 65.0 Å². The lowest BCUT2D eigenvalue weighted by molar-refractivity contribution is -0.146. The first kappa shape index (κ1) is 13.5. The van der Waals surface area contributed by atoms with Crippen LogP contribution in [0, 0.1) is 5.92 Å². The zero-order chi connectivity index (χ0) is 12.0. The molecule has 3 unspecified atom stereocenters. The highest BCUT2D eigenvalue weighted by molar-refractivity contribution is 5.75. The predicted octanol–water partition coefficient (Wildman–Crippen LogP) is 2.50. The number of rotatable bonds is 5. The molecule has 0 amide bonds. The van der Waals surface area contributed by atoms with Gasteiger partial charge in [-0.25, -0.2) is 0 Å². The smallest absolute Gasteiger partial charge is 0.323 e. The largest absolute Gasteiger partial charge is 0.465 e. The molecule has 1 aliphatic rings. The average Bonchev–Trinajstić information content (AvgIpc) is 2.26. The summed E-state index contributed by atoms with van der Waals surface area (Å²) in [6.07, 6.45) is 5.80. The minimum absolute atomic E-state index is 0.0942. The van der Waals surface area contributed by atoms with Gasteiger partial charge in [-0.2, -0.15) is 0 Å². The number of ether oxygens (including phenoxy) is 1. The molecule has 0 saturated heterocycles. The highest BCUT2D eigenvalue weighted by atomic mass is 16.5. The molecule has 1 fully saturated rings. The summed E-state index contributed by atoms with van der Waals surface area (Å²) in [7, 11) is 0. The van der Waals surface area contributed by atoms with Crippen molar-refractivity contribution in [1.82, 2.24) is 5.32 Å². The van der Waals surface area contributed by atoms with Crippen LogP contribution in [0.15, 0.2) is 0 Å². The first-order chi connectivity index (χ1) is 7.67. The van der Waals surface area contributed by atoms with Crippen LogP contribution in [0.5, 0.6) is 0 Å². The molecule has 0 aromatic heterocycles. The van der Waals surface area contributed by atoms with Crippen LogP contribution in [0.1, 0.15) is 52.9 Å². The van der Waals surface area contributed by atoms with Gasteiger partial charge < -0.3 is 10.1 Å². The topological polar surface area (TPSA) is 38.3 Å². The van der Waals surface area contributed by atoms with Gasteiger partial charge in [0.15, 0.2) is 0 Å². The molecule has 16 heavy (non-hydrogen) atoms. The van der Waals surface area contributed by atoms with Crippen LogP contribution in [0.25, 0.3) is 0 Å². The lowest BCUT2D eigenvalue weighted by atomic mass is 9.86. The average molecular weight is 227 g/mol. The van der Waals surface area contributed by atoms with Crippen molar-refractivity contribution in [3.05, 3.63) is 0 Å². The molecule has 94 valence electrons. The Labute approximate surface area is 98.9 Å². The molecule has 3 heteroatoms. The first-order valence-electron chi connectivity index (χ1n) is 6.60. The first-order valence-corrected chi connectivity index (χ1v) is 6.60. The molecule has 0 aliphatic heterocycles. The van der Waals surface area contributed by atoms with Crippen LogP contribution < -0.4 is 5.32 Å². The maximum Gasteiger partial charge on any atom is 0.323 e. The third kappa shape index (κ3) is 4.12. The van der Waals surface area contributed by atoms with Gasteiger partial charge in [0.05, 0.1) is 6.61 Å². The van der Waals surface area contributed by atoms with E-state index in [9.17, 15) is 4.79 Å². The molecular formula is C13H25NO2. The van der Waals surface area contributed by atoms with Crippen LogP contribution in [-0.4, -0.2) is 24.7 Å². The predicted molar refractivity (Wildman–Crippen MR) is 65.3 cm³/mol. The van der Waals surface area contributed by atoms with E-state index in [4.69, 9.17) is 4.74 Å². The SMILES string of the molecule is CCOC(=O)C(CC)NC1CCCC(C)C1. The molecule has 0 spiro atoms. The van der Waals surface area contributed by atoms with Gasteiger partial charge in [0.2, 0.25) is 0 Å². The normalized spacial score (nSPS) is 27.4. The Hall–Kier alpha value is -0.570. The van der Waals surface area contributed by atoms with Crippen molar-refractivity contribution in [1.29, 1.82) is 0 Å². The van der Waals surface area contributed by atoms with Crippen molar-refractivity contribution < 1.29 is 9.53 Å². The lowest BCUT2D eigenvalue weighted by Crippen LogP contribution is -2.45. The summed E-state index contributed by atoms with van der Waals surface area (Å²) in [6.45, 7) is 6.64. The van der Waals surface area contributed by atoms with E-state index in [1.807, 2.05) is 13.8 Å². The van der Waals surface area contributed by atoms with Gasteiger partial charge in [-0.05, 0) is 32.1 Å². The van der Waals surface area contributed by atoms with Gasteiger partial charge in [0.1, 0.15) is 6.04 Å². The third-order valence-corrected chi connectivity index (χ3v) is 3.35. The van der Waals surface area contributed by atoms with Gasteiger partial charge in [0.25, 0.3) is 0 Å². The van der Waals surface area contributed by atoms with E-state index in [0.717, 1.165) is 12.3 Å². The van der Waals surface area contributed by atoms with E-state index < -0.39 is 0 Å². The van der Waals surface area contributed by atoms with Crippen molar-refractivity contribution >= 4 is 5.97 Å². The molecule has 1 N–H and O–H groups in total. The summed E-state index contributed by atoms with van der Waals surface area (Å²) in [4.78, 5) is 11.6. The molecular weight excluding hydrogens is 202 g/mol. The van der Waals surface area contributed by atoms with E-state index in [1.165, 1.54) is 25.7 Å². The number of hydrogen-bond donors (Lipinski definition) is 1. The number of nitrogens with one attached hydrogen (secondary N) is 1. The van der Waals surface area contributed by atoms with E-state index in [2.05, 4.69) is 12.2 Å². The Morgan fingerprint density at radius 3 is 2.75 bits per heavy atom. The second kappa shape index (κ2) is 6.89. The van der Waals surface area contributed by atoms with Crippen molar-refractivity contribution in [3.8, 4) is 0 Å². The van der Waals surface area contributed by atoms with E-state index in [-0.39, 0.29) is 12.0 Å². The summed E-state index contributed by atoms with van der Waals surface area (Å²) in [5.41, 5.74) is 0. The highest BCUT2D eigenvalue weighted by Crippen LogP contribution is 2.24. The maximum absolute atomic E-state index is 11.6. The number of esters is 1. The molecule has 3 atom stereocenters. The van der Waals surface area contributed by atoms with Gasteiger partial charge in [-0.15, -0.1) is 0 Å². The number of carbonyl (C=O) groups excluding carboxylic acids is 1. The molecule has 0 bridgehead atoms. The Kier molecular flexibility index (Phi) is 5.81. The minimum atomic E-state index is -0.116. The number of hydrogen-bond acceptors (Lipinski definition) is 3. The van der Waals surface area contributed by atoms with Crippen LogP contribution in [0.4, 0.5) is 0 Å². The molecule has 0 aromatic rings. The van der Waals surface area contributed by atoms with Gasteiger partial charge in [-0.1, -0.05) is 26.7 Å². The molecule has 1 aliphatic carbocycles. The van der Waals surface area contributed by atoms with Gasteiger partial charge >= 0.3 is 5.97 Å². The zero-order valence-corrected chi connectivity index (χ0v) is 10.8. The minimum Gasteiger partial charge on any atom is -0.465 e. The molecule has 0 heterocycles. The van der Waals surface area contributed by atoms with E-state index >= 15 is 0 Å². The lowest BCUT2D eigenvalue weighted by Gasteiger charge is -2.30. The van der Waals surface area contributed by atoms with Crippen LogP contribution in [0.2, 0.25) is 0 Å². The molecule has 1 saturated carbocycles. The Morgan fingerprint density at radius 1 is 1.44 bits per heavy atom. The fourth-order valence-corrected chi connectivity index (χ4v) is 2.47. The number of carbonyl (C=O) groups is 1. The van der Waals surface area contributed by atoms with Crippen molar-refractivity contribution in [2.24, 2.45) is 5.92 Å². The van der Waals surface area contributed by atoms with Crippen molar-refractivity contribution in [2.75, 3.05) is 6.61 Å². The third-order valence-electron chi connectivity index (χ3n) is 3.35. The standard InChI is InChI=1S/C13H25NO2/c1-4-12(13(15)16-5-2)14-11-8-6-7-10(3)9-11/h10-12,14H,4-9H2,1-3H3. The molecule has 0 radical (unpaired) electrons. The fourth-order valence-electron chi connectivity index (χ4n) is 2.47. The Bertz CT molecular complexity index is 218. The van der Waals surface area contributed by atoms with Crippen LogP contribution in [-0.2, 0) is 9.53 Å². The quantitative estimate of drug-likeness (QED) is 0.733. The highest BCUT2D eigenvalue weighted by Gasteiger charge is 2.24. The molecule has 1 rings (SSSR count). The molecule has 0 aromatic carbocycles. The van der Waals surface area contributed by atoms with E-state index in [1.54, 1.807) is 0 Å². The van der Waals surface area contributed by atoms with Crippen LogP contribution in [0.3, 0.4) is 0 Å². The fraction of sp³-hybridized carbons (Fsp3) is 0.923.